The average Bonchev–Trinajstić information content (AvgIpc) is 3.62. The van der Waals surface area contributed by atoms with Gasteiger partial charge in [0.1, 0.15) is 22.6 Å². The largest absolute Gasteiger partial charge is 0.497 e. The molecule has 32 heavy (non-hydrogen) atoms. The van der Waals surface area contributed by atoms with E-state index in [1.165, 1.54) is 0 Å². The van der Waals surface area contributed by atoms with Gasteiger partial charge in [-0.05, 0) is 75.3 Å². The second kappa shape index (κ2) is 8.84. The van der Waals surface area contributed by atoms with Crippen molar-refractivity contribution in [3.63, 3.8) is 0 Å². The molecule has 1 unspecified atom stereocenters. The van der Waals surface area contributed by atoms with E-state index in [2.05, 4.69) is 5.32 Å². The third-order valence-corrected chi connectivity index (χ3v) is 7.13. The van der Waals surface area contributed by atoms with Gasteiger partial charge < -0.3 is 10.1 Å². The van der Waals surface area contributed by atoms with Crippen LogP contribution in [0.1, 0.15) is 24.0 Å². The minimum absolute atomic E-state index is 0.0487. The number of nitrogens with one attached hydrogen (secondary N) is 1. The van der Waals surface area contributed by atoms with Crippen LogP contribution in [0.4, 0.5) is 5.82 Å². The second-order valence-corrected chi connectivity index (χ2v) is 9.92. The number of carbonyl (C=O) groups is 1. The molecule has 1 N–H and O–H groups in total. The lowest BCUT2D eigenvalue weighted by atomic mass is 9.95. The summed E-state index contributed by atoms with van der Waals surface area (Å²) in [6.07, 6.45) is 1.62. The summed E-state index contributed by atoms with van der Waals surface area (Å²) in [5, 5.41) is 3.02. The van der Waals surface area contributed by atoms with Crippen LogP contribution in [-0.4, -0.2) is 40.6 Å². The number of aromatic nitrogens is 1. The zero-order chi connectivity index (χ0) is 22.9. The Kier molecular flexibility index (Phi) is 6.13. The molecular formula is C25H27N3O3S. The van der Waals surface area contributed by atoms with Gasteiger partial charge in [-0.1, -0.05) is 30.3 Å². The van der Waals surface area contributed by atoms with Crippen molar-refractivity contribution in [2.24, 2.45) is 0 Å². The molecular weight excluding hydrogens is 422 g/mol. The molecule has 2 aromatic carbocycles. The van der Waals surface area contributed by atoms with Gasteiger partial charge >= 0.3 is 0 Å². The Morgan fingerprint density at radius 2 is 1.81 bits per heavy atom. The fourth-order valence-electron chi connectivity index (χ4n) is 3.77. The van der Waals surface area contributed by atoms with Crippen LogP contribution < -0.4 is 10.1 Å². The van der Waals surface area contributed by atoms with Crippen LogP contribution in [0, 0.1) is 6.92 Å². The normalized spacial score (nSPS) is 15.3. The molecule has 1 aliphatic carbocycles. The zero-order valence-electron chi connectivity index (χ0n) is 18.7. The van der Waals surface area contributed by atoms with Crippen molar-refractivity contribution in [3.05, 3.63) is 71.8 Å². The van der Waals surface area contributed by atoms with E-state index in [1.54, 1.807) is 25.5 Å². The molecule has 1 atom stereocenters. The molecule has 0 spiro atoms. The van der Waals surface area contributed by atoms with E-state index in [1.807, 2.05) is 67.6 Å². The fourth-order valence-corrected chi connectivity index (χ4v) is 4.62. The molecule has 0 saturated heterocycles. The minimum atomic E-state index is -1.24. The summed E-state index contributed by atoms with van der Waals surface area (Å²) in [5.41, 5.74) is 3.08. The van der Waals surface area contributed by atoms with Gasteiger partial charge in [0, 0.05) is 5.56 Å². The van der Waals surface area contributed by atoms with Gasteiger partial charge in [0.2, 0.25) is 5.91 Å². The number of carbonyl (C=O) groups excluding carboxylic acids is 1. The first-order valence-electron chi connectivity index (χ1n) is 10.5. The van der Waals surface area contributed by atoms with Crippen LogP contribution in [-0.2, 0) is 21.2 Å². The highest BCUT2D eigenvalue weighted by Crippen LogP contribution is 2.49. The van der Waals surface area contributed by atoms with Gasteiger partial charge in [-0.15, -0.1) is 0 Å². The van der Waals surface area contributed by atoms with Gasteiger partial charge in [-0.25, -0.2) is 13.5 Å². The van der Waals surface area contributed by atoms with E-state index < -0.39 is 16.4 Å². The molecule has 3 aromatic rings. The highest BCUT2D eigenvalue weighted by Gasteiger charge is 2.51. The molecule has 6 nitrogen and oxygen atoms in total. The topological polar surface area (TPSA) is 71.5 Å². The minimum Gasteiger partial charge on any atom is -0.497 e. The number of nitrogens with zero attached hydrogens (tertiary/aromatic N) is 2. The zero-order valence-corrected chi connectivity index (χ0v) is 19.5. The number of methoxy groups -OCH3 is 1. The first-order valence-corrected chi connectivity index (χ1v) is 11.6. The van der Waals surface area contributed by atoms with Crippen molar-refractivity contribution in [1.29, 1.82) is 0 Å². The summed E-state index contributed by atoms with van der Waals surface area (Å²) in [4.78, 5) is 18.6. The Balaban J connectivity index is 1.59. The maximum Gasteiger partial charge on any atom is 0.236 e. The Bertz CT molecular complexity index is 1170. The number of ether oxygens (including phenoxy) is 1. The number of amides is 1. The first-order chi connectivity index (χ1) is 15.3. The molecule has 0 radical (unpaired) electrons. The Morgan fingerprint density at radius 1 is 1.09 bits per heavy atom. The van der Waals surface area contributed by atoms with E-state index in [-0.39, 0.29) is 5.91 Å². The standard InChI is InChI=1S/C25H27N3O3S/c1-17-8-13-22(26-23(17)18-6-5-7-21(16-18)32(30)28(2)3)27-24(29)25(14-15-25)19-9-11-20(31-4)12-10-19/h5-13,16H,14-15H2,1-4H3,(H,26,27,29). The predicted molar refractivity (Wildman–Crippen MR) is 127 cm³/mol. The lowest BCUT2D eigenvalue weighted by Gasteiger charge is -2.17. The third-order valence-electron chi connectivity index (χ3n) is 5.81. The molecule has 0 aliphatic heterocycles. The number of benzene rings is 2. The maximum atomic E-state index is 13.2. The van der Waals surface area contributed by atoms with Gasteiger partial charge in [0.15, 0.2) is 0 Å². The van der Waals surface area contributed by atoms with E-state index >= 15 is 0 Å². The summed E-state index contributed by atoms with van der Waals surface area (Å²) < 4.78 is 19.4. The van der Waals surface area contributed by atoms with E-state index in [0.717, 1.165) is 41.0 Å². The number of hydrogen-bond donors (Lipinski definition) is 1. The molecule has 166 valence electrons. The summed E-state index contributed by atoms with van der Waals surface area (Å²) in [7, 11) is 3.94. The number of pyridine rings is 1. The van der Waals surface area contributed by atoms with E-state index in [9.17, 15) is 9.00 Å². The highest BCUT2D eigenvalue weighted by atomic mass is 32.2. The summed E-state index contributed by atoms with van der Waals surface area (Å²) in [6, 6.07) is 19.0. The molecule has 1 fully saturated rings. The van der Waals surface area contributed by atoms with Crippen LogP contribution in [0.3, 0.4) is 0 Å². The van der Waals surface area contributed by atoms with Crippen LogP contribution >= 0.6 is 0 Å². The Labute approximate surface area is 191 Å². The van der Waals surface area contributed by atoms with Gasteiger partial charge in [0.25, 0.3) is 0 Å². The lowest BCUT2D eigenvalue weighted by Crippen LogP contribution is -2.28. The quantitative estimate of drug-likeness (QED) is 0.583. The number of hydrogen-bond acceptors (Lipinski definition) is 4. The van der Waals surface area contributed by atoms with Gasteiger partial charge in [-0.2, -0.15) is 0 Å². The van der Waals surface area contributed by atoms with Gasteiger partial charge in [-0.3, -0.25) is 4.79 Å². The van der Waals surface area contributed by atoms with Crippen LogP contribution in [0.25, 0.3) is 11.3 Å². The number of aryl methyl sites for hydroxylation is 1. The van der Waals surface area contributed by atoms with Crippen LogP contribution in [0.5, 0.6) is 5.75 Å². The fraction of sp³-hybridized carbons (Fsp3) is 0.280. The third kappa shape index (κ3) is 4.31. The molecule has 4 rings (SSSR count). The molecule has 1 amide bonds. The Morgan fingerprint density at radius 3 is 2.44 bits per heavy atom. The number of rotatable bonds is 7. The summed E-state index contributed by atoms with van der Waals surface area (Å²) >= 11 is 0. The molecule has 0 bridgehead atoms. The van der Waals surface area contributed by atoms with Crippen molar-refractivity contribution >= 4 is 22.7 Å². The van der Waals surface area contributed by atoms with Crippen molar-refractivity contribution in [2.45, 2.75) is 30.1 Å². The van der Waals surface area contributed by atoms with Crippen LogP contribution in [0.15, 0.2) is 65.6 Å². The maximum absolute atomic E-state index is 13.2. The first kappa shape index (κ1) is 22.2. The predicted octanol–water partition coefficient (Wildman–Crippen LogP) is 4.32. The molecule has 7 heteroatoms. The van der Waals surface area contributed by atoms with E-state index in [4.69, 9.17) is 9.72 Å². The smallest absolute Gasteiger partial charge is 0.236 e. The molecule has 1 aliphatic rings. The average molecular weight is 450 g/mol. The molecule has 1 saturated carbocycles. The van der Waals surface area contributed by atoms with Crippen molar-refractivity contribution in [1.82, 2.24) is 9.29 Å². The van der Waals surface area contributed by atoms with Crippen molar-refractivity contribution in [2.75, 3.05) is 26.5 Å². The molecule has 1 aromatic heterocycles. The van der Waals surface area contributed by atoms with Crippen molar-refractivity contribution in [3.8, 4) is 17.0 Å². The molecule has 1 heterocycles. The Hall–Kier alpha value is -3.03. The number of anilines is 1. The summed E-state index contributed by atoms with van der Waals surface area (Å²) in [6.45, 7) is 1.98. The van der Waals surface area contributed by atoms with Gasteiger partial charge in [0.05, 0.1) is 23.1 Å². The second-order valence-electron chi connectivity index (χ2n) is 8.22. The SMILES string of the molecule is COc1ccc(C2(C(=O)Nc3ccc(C)c(-c4cccc(S(=O)N(C)C)c4)n3)CC2)cc1. The monoisotopic (exact) mass is 449 g/mol. The lowest BCUT2D eigenvalue weighted by molar-refractivity contribution is -0.118. The van der Waals surface area contributed by atoms with Crippen LogP contribution in [0.2, 0.25) is 0 Å². The summed E-state index contributed by atoms with van der Waals surface area (Å²) in [5.74, 6) is 1.23. The van der Waals surface area contributed by atoms with E-state index in [0.29, 0.717) is 10.7 Å². The highest BCUT2D eigenvalue weighted by molar-refractivity contribution is 7.82. The van der Waals surface area contributed by atoms with Crippen molar-refractivity contribution < 1.29 is 13.7 Å².